The number of hydrogen-bond acceptors (Lipinski definition) is 0. The molecule has 1 heteroatoms. The number of hydrogen-bond donors (Lipinski definition) is 0. The van der Waals surface area contributed by atoms with E-state index in [1.54, 1.807) is 0 Å². The monoisotopic (exact) mass is 290 g/mol. The molecule has 0 nitrogen and oxygen atoms in total. The zero-order valence-corrected chi connectivity index (χ0v) is 13.1. The van der Waals surface area contributed by atoms with Crippen molar-refractivity contribution < 1.29 is 0 Å². The number of allylic oxidation sites excluding steroid dienone is 1. The van der Waals surface area contributed by atoms with E-state index in [0.717, 1.165) is 15.0 Å². The fourth-order valence-corrected chi connectivity index (χ4v) is 2.60. The molecular formula is C15H30Se. The van der Waals surface area contributed by atoms with E-state index in [4.69, 9.17) is 0 Å². The summed E-state index contributed by atoms with van der Waals surface area (Å²) in [6.07, 6.45) is 18.1. The van der Waals surface area contributed by atoms with E-state index in [1.165, 1.54) is 70.6 Å². The van der Waals surface area contributed by atoms with E-state index in [2.05, 4.69) is 23.8 Å². The van der Waals surface area contributed by atoms with Gasteiger partial charge < -0.3 is 0 Å². The Kier molecular flexibility index (Phi) is 15.5. The number of rotatable bonds is 12. The van der Waals surface area contributed by atoms with Crippen molar-refractivity contribution in [2.75, 3.05) is 0 Å². The van der Waals surface area contributed by atoms with E-state index >= 15 is 0 Å². The summed E-state index contributed by atoms with van der Waals surface area (Å²) in [4.78, 5) is 2.35. The van der Waals surface area contributed by atoms with Gasteiger partial charge in [0.15, 0.2) is 0 Å². The Bertz CT molecular complexity index is 140. The zero-order chi connectivity index (χ0) is 11.9. The van der Waals surface area contributed by atoms with Crippen LogP contribution in [0.2, 0.25) is 5.82 Å². The van der Waals surface area contributed by atoms with Gasteiger partial charge >= 0.3 is 96.0 Å². The van der Waals surface area contributed by atoms with Crippen molar-refractivity contribution in [3.05, 3.63) is 11.1 Å². The van der Waals surface area contributed by atoms with Crippen molar-refractivity contribution in [1.82, 2.24) is 0 Å². The standard InChI is InChI=1S/C15H30Se/c1-3-4-5-6-7-8-9-10-11-12-13-14-15-16-2/h14-15H,3-13H2,1-2H3/b15-14+. The van der Waals surface area contributed by atoms with Crippen LogP contribution < -0.4 is 0 Å². The van der Waals surface area contributed by atoms with E-state index in [1.807, 2.05) is 0 Å². The third-order valence-corrected chi connectivity index (χ3v) is 3.93. The summed E-state index contributed by atoms with van der Waals surface area (Å²) in [5, 5.41) is 0. The van der Waals surface area contributed by atoms with Gasteiger partial charge in [-0.3, -0.25) is 0 Å². The van der Waals surface area contributed by atoms with Gasteiger partial charge in [0, 0.05) is 0 Å². The first-order valence-electron chi connectivity index (χ1n) is 7.09. The molecule has 0 aromatic carbocycles. The van der Waals surface area contributed by atoms with Gasteiger partial charge in [0.2, 0.25) is 0 Å². The second kappa shape index (κ2) is 15.3. The van der Waals surface area contributed by atoms with E-state index < -0.39 is 0 Å². The summed E-state index contributed by atoms with van der Waals surface area (Å²) in [7, 11) is 0. The SMILES string of the molecule is CCCCCCCCCCCC/C=C/[Se]C. The molecule has 0 aliphatic carbocycles. The molecule has 0 bridgehead atoms. The van der Waals surface area contributed by atoms with Crippen molar-refractivity contribution in [1.29, 1.82) is 0 Å². The summed E-state index contributed by atoms with van der Waals surface area (Å²) in [5.41, 5.74) is 0. The van der Waals surface area contributed by atoms with E-state index in [9.17, 15) is 0 Å². The van der Waals surface area contributed by atoms with Gasteiger partial charge in [-0.15, -0.1) is 0 Å². The molecule has 0 heterocycles. The third kappa shape index (κ3) is 14.3. The first-order chi connectivity index (χ1) is 7.91. The maximum absolute atomic E-state index is 2.37. The molecule has 0 unspecified atom stereocenters. The quantitative estimate of drug-likeness (QED) is 0.326. The van der Waals surface area contributed by atoms with Gasteiger partial charge in [0.1, 0.15) is 0 Å². The predicted molar refractivity (Wildman–Crippen MR) is 77.2 cm³/mol. The van der Waals surface area contributed by atoms with Crippen LogP contribution in [0.5, 0.6) is 0 Å². The summed E-state index contributed by atoms with van der Waals surface area (Å²) in [5.74, 6) is 2.27. The van der Waals surface area contributed by atoms with Crippen molar-refractivity contribution in [2.45, 2.75) is 83.4 Å². The maximum atomic E-state index is 2.37. The molecule has 0 N–H and O–H groups in total. The van der Waals surface area contributed by atoms with Crippen LogP contribution in [0.3, 0.4) is 0 Å². The fraction of sp³-hybridized carbons (Fsp3) is 0.867. The number of unbranched alkanes of at least 4 members (excludes halogenated alkanes) is 10. The summed E-state index contributed by atoms with van der Waals surface area (Å²) in [6, 6.07) is 0. The van der Waals surface area contributed by atoms with Crippen LogP contribution in [0.25, 0.3) is 0 Å². The van der Waals surface area contributed by atoms with E-state index in [0.29, 0.717) is 0 Å². The fourth-order valence-electron chi connectivity index (χ4n) is 1.91. The van der Waals surface area contributed by atoms with Crippen molar-refractivity contribution in [2.24, 2.45) is 0 Å². The normalized spacial score (nSPS) is 11.4. The molecule has 16 heavy (non-hydrogen) atoms. The van der Waals surface area contributed by atoms with Crippen LogP contribution in [-0.2, 0) is 0 Å². The second-order valence-electron chi connectivity index (χ2n) is 4.58. The molecule has 96 valence electrons. The third-order valence-electron chi connectivity index (χ3n) is 2.96. The van der Waals surface area contributed by atoms with Crippen LogP contribution in [-0.4, -0.2) is 15.0 Å². The van der Waals surface area contributed by atoms with Crippen LogP contribution in [0.1, 0.15) is 77.6 Å². The van der Waals surface area contributed by atoms with Gasteiger partial charge in [0.25, 0.3) is 0 Å². The molecule has 0 rings (SSSR count). The topological polar surface area (TPSA) is 0 Å². The van der Waals surface area contributed by atoms with Gasteiger partial charge in [-0.25, -0.2) is 0 Å². The Hall–Kier alpha value is 0.259. The minimum absolute atomic E-state index is 0.735. The molecule has 0 atom stereocenters. The zero-order valence-electron chi connectivity index (χ0n) is 11.3. The molecule has 0 aromatic heterocycles. The molecule has 0 saturated heterocycles. The van der Waals surface area contributed by atoms with Gasteiger partial charge in [-0.1, -0.05) is 13.3 Å². The van der Waals surface area contributed by atoms with Crippen LogP contribution in [0.15, 0.2) is 11.1 Å². The van der Waals surface area contributed by atoms with Gasteiger partial charge in [-0.2, -0.15) is 0 Å². The summed E-state index contributed by atoms with van der Waals surface area (Å²) < 4.78 is 0. The van der Waals surface area contributed by atoms with Crippen LogP contribution in [0.4, 0.5) is 0 Å². The molecule has 0 aliphatic rings. The Morgan fingerprint density at radius 3 is 1.75 bits per heavy atom. The van der Waals surface area contributed by atoms with Crippen LogP contribution >= 0.6 is 0 Å². The molecule has 0 aromatic rings. The molecule has 0 fully saturated rings. The predicted octanol–water partition coefficient (Wildman–Crippen LogP) is 5.56. The van der Waals surface area contributed by atoms with Crippen molar-refractivity contribution >= 4 is 15.0 Å². The minimum atomic E-state index is 0.735. The average molecular weight is 289 g/mol. The molecule has 0 saturated carbocycles. The van der Waals surface area contributed by atoms with Crippen molar-refractivity contribution in [3.63, 3.8) is 0 Å². The van der Waals surface area contributed by atoms with Crippen molar-refractivity contribution in [3.8, 4) is 0 Å². The summed E-state index contributed by atoms with van der Waals surface area (Å²) in [6.45, 7) is 2.29. The Labute approximate surface area is 109 Å². The molecule has 0 spiro atoms. The molecule has 0 amide bonds. The Morgan fingerprint density at radius 2 is 1.25 bits per heavy atom. The van der Waals surface area contributed by atoms with Gasteiger partial charge in [-0.05, 0) is 0 Å². The Balaban J connectivity index is 2.90. The van der Waals surface area contributed by atoms with E-state index in [-0.39, 0.29) is 0 Å². The average Bonchev–Trinajstić information content (AvgIpc) is 2.31. The first-order valence-corrected chi connectivity index (χ1v) is 9.79. The second-order valence-corrected chi connectivity index (χ2v) is 6.14. The van der Waals surface area contributed by atoms with Crippen LogP contribution in [0, 0.1) is 0 Å². The molecular weight excluding hydrogens is 259 g/mol. The first kappa shape index (κ1) is 16.3. The molecule has 0 aliphatic heterocycles. The Morgan fingerprint density at radius 1 is 0.750 bits per heavy atom. The summed E-state index contributed by atoms with van der Waals surface area (Å²) >= 11 is 0.735. The van der Waals surface area contributed by atoms with Gasteiger partial charge in [0.05, 0.1) is 0 Å². The molecule has 0 radical (unpaired) electrons.